The monoisotopic (exact) mass is 243 g/mol. The summed E-state index contributed by atoms with van der Waals surface area (Å²) < 4.78 is 5.20. The zero-order valence-electron chi connectivity index (χ0n) is 10.0. The molecular weight excluding hydrogens is 226 g/mol. The fourth-order valence-corrected chi connectivity index (χ4v) is 1.64. The number of halogens is 1. The SMILES string of the molecule is COc1ccc(Cl)c(O)c1[C@H](N)C(C)(C)C. The molecule has 3 N–H and O–H groups in total. The van der Waals surface area contributed by atoms with E-state index in [1.165, 1.54) is 0 Å². The van der Waals surface area contributed by atoms with Crippen molar-refractivity contribution in [2.75, 3.05) is 7.11 Å². The standard InChI is InChI=1S/C12H18ClNO2/c1-12(2,3)11(14)9-8(16-4)6-5-7(13)10(9)15/h5-6,11,15H,14H2,1-4H3/t11-/m0/s1. The van der Waals surface area contributed by atoms with Gasteiger partial charge in [0.05, 0.1) is 17.7 Å². The summed E-state index contributed by atoms with van der Waals surface area (Å²) in [6.07, 6.45) is 0. The molecule has 0 radical (unpaired) electrons. The molecule has 0 unspecified atom stereocenters. The van der Waals surface area contributed by atoms with Gasteiger partial charge >= 0.3 is 0 Å². The van der Waals surface area contributed by atoms with Crippen LogP contribution in [0.25, 0.3) is 0 Å². The van der Waals surface area contributed by atoms with Crippen LogP contribution in [-0.2, 0) is 0 Å². The lowest BCUT2D eigenvalue weighted by atomic mass is 9.82. The number of nitrogens with two attached hydrogens (primary N) is 1. The van der Waals surface area contributed by atoms with Crippen molar-refractivity contribution in [3.05, 3.63) is 22.7 Å². The van der Waals surface area contributed by atoms with Crippen molar-refractivity contribution in [1.29, 1.82) is 0 Å². The highest BCUT2D eigenvalue weighted by atomic mass is 35.5. The third kappa shape index (κ3) is 2.42. The minimum absolute atomic E-state index is 0.00319. The molecule has 1 aromatic carbocycles. The quantitative estimate of drug-likeness (QED) is 0.839. The van der Waals surface area contributed by atoms with Gasteiger partial charge in [0.25, 0.3) is 0 Å². The van der Waals surface area contributed by atoms with Gasteiger partial charge in [0.1, 0.15) is 11.5 Å². The summed E-state index contributed by atoms with van der Waals surface area (Å²) in [7, 11) is 1.54. The molecule has 0 aliphatic rings. The Morgan fingerprint density at radius 1 is 1.38 bits per heavy atom. The van der Waals surface area contributed by atoms with Crippen molar-refractivity contribution in [3.63, 3.8) is 0 Å². The Labute approximate surface area is 101 Å². The highest BCUT2D eigenvalue weighted by Gasteiger charge is 2.28. The number of ether oxygens (including phenoxy) is 1. The summed E-state index contributed by atoms with van der Waals surface area (Å²) >= 11 is 5.88. The van der Waals surface area contributed by atoms with E-state index in [4.69, 9.17) is 22.1 Å². The lowest BCUT2D eigenvalue weighted by Crippen LogP contribution is -2.26. The third-order valence-electron chi connectivity index (χ3n) is 2.59. The molecule has 1 aromatic rings. The second-order valence-corrected chi connectivity index (χ2v) is 5.26. The fraction of sp³-hybridized carbons (Fsp3) is 0.500. The summed E-state index contributed by atoms with van der Waals surface area (Å²) in [6, 6.07) is 2.96. The molecule has 90 valence electrons. The molecule has 1 atom stereocenters. The Bertz CT molecular complexity index is 385. The topological polar surface area (TPSA) is 55.5 Å². The number of phenolic OH excluding ortho intramolecular Hbond substituents is 1. The lowest BCUT2D eigenvalue weighted by Gasteiger charge is -2.29. The largest absolute Gasteiger partial charge is 0.506 e. The Hall–Kier alpha value is -0.930. The van der Waals surface area contributed by atoms with Crippen LogP contribution in [0.4, 0.5) is 0 Å². The zero-order valence-corrected chi connectivity index (χ0v) is 10.8. The second kappa shape index (κ2) is 4.52. The molecule has 0 amide bonds. The van der Waals surface area contributed by atoms with Crippen LogP contribution in [0.2, 0.25) is 5.02 Å². The first-order valence-electron chi connectivity index (χ1n) is 5.10. The van der Waals surface area contributed by atoms with Crippen LogP contribution in [0.5, 0.6) is 11.5 Å². The predicted octanol–water partition coefficient (Wildman–Crippen LogP) is 3.10. The number of methoxy groups -OCH3 is 1. The third-order valence-corrected chi connectivity index (χ3v) is 2.90. The highest BCUT2D eigenvalue weighted by molar-refractivity contribution is 6.32. The summed E-state index contributed by atoms with van der Waals surface area (Å²) in [5.41, 5.74) is 6.49. The predicted molar refractivity (Wildman–Crippen MR) is 66.1 cm³/mol. The van der Waals surface area contributed by atoms with Crippen molar-refractivity contribution in [1.82, 2.24) is 0 Å². The van der Waals surface area contributed by atoms with Crippen LogP contribution in [-0.4, -0.2) is 12.2 Å². The van der Waals surface area contributed by atoms with Crippen molar-refractivity contribution < 1.29 is 9.84 Å². The van der Waals surface area contributed by atoms with Gasteiger partial charge < -0.3 is 15.6 Å². The van der Waals surface area contributed by atoms with Crippen LogP contribution >= 0.6 is 11.6 Å². The Kier molecular flexibility index (Phi) is 3.71. The maximum Gasteiger partial charge on any atom is 0.142 e. The molecule has 0 fully saturated rings. The first-order valence-corrected chi connectivity index (χ1v) is 5.47. The van der Waals surface area contributed by atoms with Crippen LogP contribution < -0.4 is 10.5 Å². The summed E-state index contributed by atoms with van der Waals surface area (Å²) in [5.74, 6) is 0.563. The average molecular weight is 244 g/mol. The Balaban J connectivity index is 3.35. The molecule has 0 aromatic heterocycles. The number of hydrogen-bond acceptors (Lipinski definition) is 3. The Morgan fingerprint density at radius 3 is 2.38 bits per heavy atom. The molecule has 16 heavy (non-hydrogen) atoms. The van der Waals surface area contributed by atoms with E-state index in [-0.39, 0.29) is 22.2 Å². The van der Waals surface area contributed by atoms with Gasteiger partial charge in [-0.05, 0) is 17.5 Å². The molecule has 4 heteroatoms. The molecule has 0 spiro atoms. The van der Waals surface area contributed by atoms with Gasteiger partial charge in [0.15, 0.2) is 0 Å². The van der Waals surface area contributed by atoms with E-state index in [1.807, 2.05) is 20.8 Å². The minimum Gasteiger partial charge on any atom is -0.506 e. The molecule has 0 saturated heterocycles. The molecule has 3 nitrogen and oxygen atoms in total. The van der Waals surface area contributed by atoms with Gasteiger partial charge in [-0.2, -0.15) is 0 Å². The molecule has 0 aliphatic heterocycles. The van der Waals surface area contributed by atoms with Gasteiger partial charge in [-0.1, -0.05) is 32.4 Å². The maximum absolute atomic E-state index is 9.95. The number of phenols is 1. The smallest absolute Gasteiger partial charge is 0.142 e. The average Bonchev–Trinajstić information content (AvgIpc) is 2.19. The van der Waals surface area contributed by atoms with E-state index in [2.05, 4.69) is 0 Å². The van der Waals surface area contributed by atoms with Crippen LogP contribution in [0, 0.1) is 5.41 Å². The molecule has 0 bridgehead atoms. The highest BCUT2D eigenvalue weighted by Crippen LogP contribution is 2.43. The molecule has 1 rings (SSSR count). The fourth-order valence-electron chi connectivity index (χ4n) is 1.47. The van der Waals surface area contributed by atoms with E-state index in [0.29, 0.717) is 11.3 Å². The van der Waals surface area contributed by atoms with Gasteiger partial charge in [-0.25, -0.2) is 0 Å². The van der Waals surface area contributed by atoms with E-state index >= 15 is 0 Å². The second-order valence-electron chi connectivity index (χ2n) is 4.86. The summed E-state index contributed by atoms with van der Waals surface area (Å²) in [4.78, 5) is 0. The van der Waals surface area contributed by atoms with E-state index in [9.17, 15) is 5.11 Å². The first kappa shape index (κ1) is 13.1. The summed E-state index contributed by atoms with van der Waals surface area (Å²) in [6.45, 7) is 5.99. The van der Waals surface area contributed by atoms with Gasteiger partial charge in [-0.15, -0.1) is 0 Å². The molecule has 0 heterocycles. The lowest BCUT2D eigenvalue weighted by molar-refractivity contribution is 0.304. The van der Waals surface area contributed by atoms with Crippen molar-refractivity contribution in [3.8, 4) is 11.5 Å². The van der Waals surface area contributed by atoms with Crippen molar-refractivity contribution >= 4 is 11.6 Å². The first-order chi connectivity index (χ1) is 7.29. The van der Waals surface area contributed by atoms with Gasteiger partial charge in [0.2, 0.25) is 0 Å². The number of rotatable bonds is 2. The zero-order chi connectivity index (χ0) is 12.5. The van der Waals surface area contributed by atoms with E-state index in [0.717, 1.165) is 0 Å². The van der Waals surface area contributed by atoms with Crippen LogP contribution in [0.3, 0.4) is 0 Å². The van der Waals surface area contributed by atoms with Gasteiger partial charge in [-0.3, -0.25) is 0 Å². The molecule has 0 aliphatic carbocycles. The van der Waals surface area contributed by atoms with Crippen LogP contribution in [0.1, 0.15) is 32.4 Å². The van der Waals surface area contributed by atoms with Crippen molar-refractivity contribution in [2.45, 2.75) is 26.8 Å². The number of benzene rings is 1. The number of hydrogen-bond donors (Lipinski definition) is 2. The van der Waals surface area contributed by atoms with E-state index in [1.54, 1.807) is 19.2 Å². The summed E-state index contributed by atoms with van der Waals surface area (Å²) in [5, 5.41) is 10.2. The van der Waals surface area contributed by atoms with Crippen LogP contribution in [0.15, 0.2) is 12.1 Å². The molecule has 0 saturated carbocycles. The number of aromatic hydroxyl groups is 1. The molecular formula is C12H18ClNO2. The Morgan fingerprint density at radius 2 is 1.94 bits per heavy atom. The van der Waals surface area contributed by atoms with E-state index < -0.39 is 0 Å². The minimum atomic E-state index is -0.346. The van der Waals surface area contributed by atoms with Crippen molar-refractivity contribution in [2.24, 2.45) is 11.1 Å². The van der Waals surface area contributed by atoms with Gasteiger partial charge in [0, 0.05) is 6.04 Å². The maximum atomic E-state index is 9.95. The normalized spacial score (nSPS) is 13.6.